The van der Waals surface area contributed by atoms with Gasteiger partial charge in [-0.05, 0) is 43.9 Å². The lowest BCUT2D eigenvalue weighted by atomic mass is 9.56. The van der Waals surface area contributed by atoms with E-state index in [0.29, 0.717) is 12.0 Å². The number of nitrogens with zero attached hydrogens (tertiary/aromatic N) is 2. The van der Waals surface area contributed by atoms with Crippen LogP contribution in [0.15, 0.2) is 0 Å². The van der Waals surface area contributed by atoms with Crippen LogP contribution in [-0.4, -0.2) is 47.2 Å². The van der Waals surface area contributed by atoms with Crippen LogP contribution in [0.3, 0.4) is 0 Å². The number of hydrogen-bond donors (Lipinski definition) is 2. The quantitative estimate of drug-likeness (QED) is 0.815. The second kappa shape index (κ2) is 5.58. The Kier molecular flexibility index (Phi) is 3.94. The van der Waals surface area contributed by atoms with E-state index in [9.17, 15) is 9.90 Å². The van der Waals surface area contributed by atoms with Gasteiger partial charge in [0.15, 0.2) is 0 Å². The van der Waals surface area contributed by atoms with Crippen molar-refractivity contribution < 1.29 is 9.90 Å². The summed E-state index contributed by atoms with van der Waals surface area (Å²) in [6.07, 6.45) is 8.84. The average molecular weight is 291 g/mol. The minimum atomic E-state index is -0.262. The Labute approximate surface area is 126 Å². The van der Waals surface area contributed by atoms with Crippen molar-refractivity contribution in [3.8, 4) is 6.07 Å². The van der Waals surface area contributed by atoms with Crippen LogP contribution in [0.25, 0.3) is 0 Å². The number of likely N-dealkylation sites (tertiary alicyclic amines) is 1. The highest BCUT2D eigenvalue weighted by molar-refractivity contribution is 5.79. The molecule has 3 rings (SSSR count). The van der Waals surface area contributed by atoms with Gasteiger partial charge >= 0.3 is 0 Å². The van der Waals surface area contributed by atoms with Crippen LogP contribution in [0.4, 0.5) is 0 Å². The van der Waals surface area contributed by atoms with Gasteiger partial charge in [0.2, 0.25) is 5.91 Å². The Morgan fingerprint density at radius 2 is 2.05 bits per heavy atom. The maximum absolute atomic E-state index is 12.3. The molecule has 0 aromatic heterocycles. The number of aliphatic hydroxyl groups is 1. The molecule has 0 aromatic rings. The molecule has 0 aromatic carbocycles. The maximum atomic E-state index is 12.3. The molecule has 1 amide bonds. The third kappa shape index (κ3) is 2.67. The molecule has 21 heavy (non-hydrogen) atoms. The second-order valence-corrected chi connectivity index (χ2v) is 7.23. The number of amides is 1. The molecule has 1 saturated heterocycles. The lowest BCUT2D eigenvalue weighted by Crippen LogP contribution is -2.63. The molecule has 3 aliphatic rings. The zero-order valence-electron chi connectivity index (χ0n) is 12.6. The van der Waals surface area contributed by atoms with E-state index in [1.165, 1.54) is 25.7 Å². The molecule has 116 valence electrons. The molecule has 3 fully saturated rings. The number of aliphatic hydroxyl groups excluding tert-OH is 1. The maximum Gasteiger partial charge on any atom is 0.237 e. The van der Waals surface area contributed by atoms with Gasteiger partial charge in [0.05, 0.1) is 19.2 Å². The van der Waals surface area contributed by atoms with E-state index in [1.807, 2.05) is 0 Å². The molecule has 2 N–H and O–H groups in total. The van der Waals surface area contributed by atoms with E-state index >= 15 is 0 Å². The fourth-order valence-corrected chi connectivity index (χ4v) is 4.72. The number of rotatable bonds is 4. The van der Waals surface area contributed by atoms with Crippen LogP contribution in [0, 0.1) is 16.7 Å². The zero-order chi connectivity index (χ0) is 14.9. The van der Waals surface area contributed by atoms with Gasteiger partial charge in [-0.15, -0.1) is 0 Å². The minimum absolute atomic E-state index is 0.000697. The molecule has 5 heteroatoms. The molecule has 1 atom stereocenters. The molecule has 5 nitrogen and oxygen atoms in total. The number of nitrogens with one attached hydrogen (secondary N) is 1. The van der Waals surface area contributed by atoms with Crippen molar-refractivity contribution in [3.05, 3.63) is 0 Å². The summed E-state index contributed by atoms with van der Waals surface area (Å²) in [6.45, 7) is 1.04. The molecule has 0 radical (unpaired) electrons. The van der Waals surface area contributed by atoms with Crippen LogP contribution in [0.5, 0.6) is 0 Å². The summed E-state index contributed by atoms with van der Waals surface area (Å²) in [7, 11) is 0. The van der Waals surface area contributed by atoms with E-state index in [1.54, 1.807) is 4.90 Å². The Bertz CT molecular complexity index is 443. The summed E-state index contributed by atoms with van der Waals surface area (Å²) >= 11 is 0. The summed E-state index contributed by atoms with van der Waals surface area (Å²) in [5, 5.41) is 22.1. The van der Waals surface area contributed by atoms with E-state index in [2.05, 4.69) is 11.4 Å². The van der Waals surface area contributed by atoms with Gasteiger partial charge in [0.25, 0.3) is 0 Å². The summed E-state index contributed by atoms with van der Waals surface area (Å²) in [5.41, 5.74) is 0.170. The standard InChI is InChI=1S/C16H25N3O2/c17-8-13-4-3-7-19(13)14(21)9-18-16(12-20)10-15(11-16)5-1-2-6-15/h13,18,20H,1-7,9-12H2/t13-/m0/s1. The van der Waals surface area contributed by atoms with Crippen molar-refractivity contribution >= 4 is 5.91 Å². The van der Waals surface area contributed by atoms with E-state index in [4.69, 9.17) is 5.26 Å². The molecular formula is C16H25N3O2. The highest BCUT2D eigenvalue weighted by Gasteiger charge is 2.54. The van der Waals surface area contributed by atoms with Crippen molar-refractivity contribution in [2.24, 2.45) is 5.41 Å². The monoisotopic (exact) mass is 291 g/mol. The van der Waals surface area contributed by atoms with Gasteiger partial charge in [-0.25, -0.2) is 0 Å². The second-order valence-electron chi connectivity index (χ2n) is 7.23. The summed E-state index contributed by atoms with van der Waals surface area (Å²) in [6, 6.07) is 1.94. The van der Waals surface area contributed by atoms with Crippen LogP contribution >= 0.6 is 0 Å². The lowest BCUT2D eigenvalue weighted by Gasteiger charge is -2.55. The Balaban J connectivity index is 1.52. The Morgan fingerprint density at radius 3 is 2.67 bits per heavy atom. The number of carbonyl (C=O) groups excluding carboxylic acids is 1. The molecule has 0 bridgehead atoms. The molecule has 1 heterocycles. The molecule has 2 saturated carbocycles. The first kappa shape index (κ1) is 14.8. The highest BCUT2D eigenvalue weighted by atomic mass is 16.3. The molecule has 0 unspecified atom stereocenters. The van der Waals surface area contributed by atoms with Gasteiger partial charge in [-0.3, -0.25) is 4.79 Å². The number of hydrogen-bond acceptors (Lipinski definition) is 4. The van der Waals surface area contributed by atoms with Crippen LogP contribution < -0.4 is 5.32 Å². The van der Waals surface area contributed by atoms with Crippen LogP contribution in [0.2, 0.25) is 0 Å². The zero-order valence-corrected chi connectivity index (χ0v) is 12.6. The van der Waals surface area contributed by atoms with E-state index in [-0.39, 0.29) is 30.6 Å². The van der Waals surface area contributed by atoms with Crippen molar-refractivity contribution in [1.29, 1.82) is 5.26 Å². The fourth-order valence-electron chi connectivity index (χ4n) is 4.72. The first-order valence-corrected chi connectivity index (χ1v) is 8.17. The van der Waals surface area contributed by atoms with Crippen molar-refractivity contribution in [2.45, 2.75) is 62.9 Å². The van der Waals surface area contributed by atoms with Crippen molar-refractivity contribution in [2.75, 3.05) is 19.7 Å². The SMILES string of the molecule is N#C[C@@H]1CCCN1C(=O)CNC1(CO)CC2(CCCC2)C1. The molecule has 2 aliphatic carbocycles. The van der Waals surface area contributed by atoms with E-state index < -0.39 is 0 Å². The smallest absolute Gasteiger partial charge is 0.237 e. The lowest BCUT2D eigenvalue weighted by molar-refractivity contribution is -0.131. The average Bonchev–Trinajstić information content (AvgIpc) is 3.11. The Morgan fingerprint density at radius 1 is 1.33 bits per heavy atom. The van der Waals surface area contributed by atoms with Gasteiger partial charge in [0.1, 0.15) is 6.04 Å². The van der Waals surface area contributed by atoms with Gasteiger partial charge < -0.3 is 15.3 Å². The number of nitriles is 1. The number of carbonyl (C=O) groups is 1. The van der Waals surface area contributed by atoms with Crippen molar-refractivity contribution in [1.82, 2.24) is 10.2 Å². The Hall–Kier alpha value is -1.12. The summed E-state index contributed by atoms with van der Waals surface area (Å²) < 4.78 is 0. The normalized spacial score (nSPS) is 29.3. The molecule has 1 aliphatic heterocycles. The van der Waals surface area contributed by atoms with E-state index in [0.717, 1.165) is 25.7 Å². The fraction of sp³-hybridized carbons (Fsp3) is 0.875. The third-order valence-electron chi connectivity index (χ3n) is 5.73. The first-order chi connectivity index (χ1) is 10.1. The van der Waals surface area contributed by atoms with Gasteiger partial charge in [0, 0.05) is 12.1 Å². The van der Waals surface area contributed by atoms with Crippen molar-refractivity contribution in [3.63, 3.8) is 0 Å². The van der Waals surface area contributed by atoms with Crippen LogP contribution in [-0.2, 0) is 4.79 Å². The summed E-state index contributed by atoms with van der Waals surface area (Å²) in [4.78, 5) is 13.9. The molecular weight excluding hydrogens is 266 g/mol. The predicted octanol–water partition coefficient (Wildman–Crippen LogP) is 1.18. The highest BCUT2D eigenvalue weighted by Crippen LogP contribution is 2.57. The first-order valence-electron chi connectivity index (χ1n) is 8.17. The summed E-state index contributed by atoms with van der Waals surface area (Å²) in [5.74, 6) is -0.000697. The van der Waals surface area contributed by atoms with Gasteiger partial charge in [-0.1, -0.05) is 12.8 Å². The minimum Gasteiger partial charge on any atom is -0.394 e. The van der Waals surface area contributed by atoms with Crippen LogP contribution in [0.1, 0.15) is 51.4 Å². The topological polar surface area (TPSA) is 76.4 Å². The largest absolute Gasteiger partial charge is 0.394 e. The predicted molar refractivity (Wildman–Crippen MR) is 78.3 cm³/mol. The van der Waals surface area contributed by atoms with Gasteiger partial charge in [-0.2, -0.15) is 5.26 Å². The third-order valence-corrected chi connectivity index (χ3v) is 5.73. The molecule has 1 spiro atoms.